The van der Waals surface area contributed by atoms with E-state index in [0.717, 1.165) is 10.0 Å². The van der Waals surface area contributed by atoms with Gasteiger partial charge in [-0.2, -0.15) is 0 Å². The summed E-state index contributed by atoms with van der Waals surface area (Å²) in [4.78, 5) is 11.9. The quantitative estimate of drug-likeness (QED) is 0.608. The molecule has 0 bridgehead atoms. The van der Waals surface area contributed by atoms with Gasteiger partial charge >= 0.3 is 0 Å². The van der Waals surface area contributed by atoms with Crippen LogP contribution in [0.25, 0.3) is 6.08 Å². The molecule has 0 radical (unpaired) electrons. The summed E-state index contributed by atoms with van der Waals surface area (Å²) in [5.41, 5.74) is 0.888. The third-order valence-electron chi connectivity index (χ3n) is 2.74. The molecule has 0 unspecified atom stereocenters. The zero-order valence-corrected chi connectivity index (χ0v) is 12.4. The van der Waals surface area contributed by atoms with Crippen LogP contribution in [0.1, 0.15) is 15.9 Å². The normalized spacial score (nSPS) is 10.8. The molecule has 0 N–H and O–H groups in total. The highest BCUT2D eigenvalue weighted by Gasteiger charge is 2.07. The van der Waals surface area contributed by atoms with Gasteiger partial charge in [-0.25, -0.2) is 4.39 Å². The molecule has 2 nitrogen and oxygen atoms in total. The molecular formula is C16H12BrFO2. The Labute approximate surface area is 125 Å². The first kappa shape index (κ1) is 14.5. The van der Waals surface area contributed by atoms with Gasteiger partial charge in [0.15, 0.2) is 5.78 Å². The second-order valence-electron chi connectivity index (χ2n) is 4.07. The largest absolute Gasteiger partial charge is 0.496 e. The van der Waals surface area contributed by atoms with Gasteiger partial charge in [-0.05, 0) is 51.8 Å². The Balaban J connectivity index is 2.19. The van der Waals surface area contributed by atoms with Crippen molar-refractivity contribution in [2.24, 2.45) is 0 Å². The van der Waals surface area contributed by atoms with E-state index in [0.29, 0.717) is 5.75 Å². The summed E-state index contributed by atoms with van der Waals surface area (Å²) < 4.78 is 19.4. The number of methoxy groups -OCH3 is 1. The maximum absolute atomic E-state index is 13.4. The molecule has 2 rings (SSSR count). The van der Waals surface area contributed by atoms with Crippen LogP contribution in [0.2, 0.25) is 0 Å². The third kappa shape index (κ3) is 3.33. The summed E-state index contributed by atoms with van der Waals surface area (Å²) in [6.07, 6.45) is 2.99. The highest BCUT2D eigenvalue weighted by Crippen LogP contribution is 2.26. The van der Waals surface area contributed by atoms with E-state index in [2.05, 4.69) is 15.9 Å². The summed E-state index contributed by atoms with van der Waals surface area (Å²) >= 11 is 3.37. The highest BCUT2D eigenvalue weighted by molar-refractivity contribution is 9.10. The van der Waals surface area contributed by atoms with Crippen molar-refractivity contribution in [3.8, 4) is 5.75 Å². The van der Waals surface area contributed by atoms with Crippen molar-refractivity contribution in [1.29, 1.82) is 0 Å². The minimum Gasteiger partial charge on any atom is -0.496 e. The van der Waals surface area contributed by atoms with Gasteiger partial charge in [-0.3, -0.25) is 4.79 Å². The lowest BCUT2D eigenvalue weighted by atomic mass is 10.1. The van der Waals surface area contributed by atoms with Gasteiger partial charge in [0.1, 0.15) is 11.6 Å². The Morgan fingerprint density at radius 2 is 2.00 bits per heavy atom. The van der Waals surface area contributed by atoms with Crippen LogP contribution in [0.3, 0.4) is 0 Å². The molecule has 102 valence electrons. The number of ether oxygens (including phenoxy) is 1. The lowest BCUT2D eigenvalue weighted by Crippen LogP contribution is -1.97. The number of halogens is 2. The average molecular weight is 335 g/mol. The maximum Gasteiger partial charge on any atom is 0.188 e. The molecule has 0 saturated carbocycles. The fourth-order valence-electron chi connectivity index (χ4n) is 1.71. The molecule has 2 aromatic carbocycles. The van der Waals surface area contributed by atoms with Gasteiger partial charge < -0.3 is 4.74 Å². The molecule has 0 aliphatic rings. The molecule has 20 heavy (non-hydrogen) atoms. The van der Waals surface area contributed by atoms with Crippen molar-refractivity contribution in [3.63, 3.8) is 0 Å². The zero-order valence-electron chi connectivity index (χ0n) is 10.8. The van der Waals surface area contributed by atoms with Crippen molar-refractivity contribution in [2.75, 3.05) is 7.11 Å². The summed E-state index contributed by atoms with van der Waals surface area (Å²) in [6.45, 7) is 0. The Kier molecular flexibility index (Phi) is 4.69. The Morgan fingerprint density at radius 1 is 1.25 bits per heavy atom. The van der Waals surface area contributed by atoms with Crippen LogP contribution in [-0.2, 0) is 0 Å². The van der Waals surface area contributed by atoms with E-state index >= 15 is 0 Å². The van der Waals surface area contributed by atoms with Crippen LogP contribution in [0.5, 0.6) is 5.75 Å². The fourth-order valence-corrected chi connectivity index (χ4v) is 2.27. The minimum atomic E-state index is -0.516. The molecule has 4 heteroatoms. The average Bonchev–Trinajstić information content (AvgIpc) is 2.45. The molecule has 0 amide bonds. The molecule has 0 saturated heterocycles. The van der Waals surface area contributed by atoms with Crippen LogP contribution in [0, 0.1) is 5.82 Å². The summed E-state index contributed by atoms with van der Waals surface area (Å²) in [6, 6.07) is 11.3. The number of rotatable bonds is 4. The molecular weight excluding hydrogens is 323 g/mol. The number of carbonyl (C=O) groups excluding carboxylic acids is 1. The molecule has 0 fully saturated rings. The second kappa shape index (κ2) is 6.48. The van der Waals surface area contributed by atoms with Crippen LogP contribution in [-0.4, -0.2) is 12.9 Å². The summed E-state index contributed by atoms with van der Waals surface area (Å²) in [5, 5.41) is 0. The predicted octanol–water partition coefficient (Wildman–Crippen LogP) is 4.49. The molecule has 0 heterocycles. The predicted molar refractivity (Wildman–Crippen MR) is 80.5 cm³/mol. The summed E-state index contributed by atoms with van der Waals surface area (Å²) in [7, 11) is 1.58. The van der Waals surface area contributed by atoms with Crippen LogP contribution < -0.4 is 4.74 Å². The van der Waals surface area contributed by atoms with Crippen LogP contribution >= 0.6 is 15.9 Å². The number of hydrogen-bond donors (Lipinski definition) is 0. The van der Waals surface area contributed by atoms with Crippen molar-refractivity contribution in [2.45, 2.75) is 0 Å². The minimum absolute atomic E-state index is 0.0660. The fraction of sp³-hybridized carbons (Fsp3) is 0.0625. The van der Waals surface area contributed by atoms with Gasteiger partial charge in [-0.15, -0.1) is 0 Å². The van der Waals surface area contributed by atoms with Gasteiger partial charge in [0.25, 0.3) is 0 Å². The van der Waals surface area contributed by atoms with Gasteiger partial charge in [-0.1, -0.05) is 24.3 Å². The zero-order chi connectivity index (χ0) is 14.5. The number of carbonyl (C=O) groups is 1. The second-order valence-corrected chi connectivity index (χ2v) is 4.93. The van der Waals surface area contributed by atoms with Crippen molar-refractivity contribution < 1.29 is 13.9 Å². The highest BCUT2D eigenvalue weighted by atomic mass is 79.9. The van der Waals surface area contributed by atoms with Crippen molar-refractivity contribution in [1.82, 2.24) is 0 Å². The topological polar surface area (TPSA) is 26.3 Å². The molecule has 0 spiro atoms. The van der Waals surface area contributed by atoms with E-state index in [9.17, 15) is 9.18 Å². The summed E-state index contributed by atoms with van der Waals surface area (Å²) in [5.74, 6) is -0.171. The van der Waals surface area contributed by atoms with E-state index in [1.54, 1.807) is 31.4 Å². The van der Waals surface area contributed by atoms with Gasteiger partial charge in [0.2, 0.25) is 0 Å². The standard InChI is InChI=1S/C16H12BrFO2/c1-20-16-9-7-11(10-13(16)17)6-8-15(19)12-4-2-3-5-14(12)18/h2-10H,1H3/b8-6+. The van der Waals surface area contributed by atoms with E-state index in [1.807, 2.05) is 12.1 Å². The number of ketones is 1. The van der Waals surface area contributed by atoms with E-state index < -0.39 is 5.82 Å². The van der Waals surface area contributed by atoms with Crippen molar-refractivity contribution >= 4 is 27.8 Å². The number of hydrogen-bond acceptors (Lipinski definition) is 2. The molecule has 0 aliphatic heterocycles. The Morgan fingerprint density at radius 3 is 2.65 bits per heavy atom. The van der Waals surface area contributed by atoms with E-state index in [-0.39, 0.29) is 11.3 Å². The first-order valence-electron chi connectivity index (χ1n) is 5.92. The molecule has 2 aromatic rings. The first-order chi connectivity index (χ1) is 9.61. The van der Waals surface area contributed by atoms with Crippen molar-refractivity contribution in [3.05, 3.63) is 70.0 Å². The molecule has 0 aliphatic carbocycles. The molecule has 0 aromatic heterocycles. The van der Waals surface area contributed by atoms with Crippen LogP contribution in [0.15, 0.2) is 53.0 Å². The Bertz CT molecular complexity index is 665. The Hall–Kier alpha value is -1.94. The van der Waals surface area contributed by atoms with Gasteiger partial charge in [0, 0.05) is 0 Å². The monoisotopic (exact) mass is 334 g/mol. The SMILES string of the molecule is COc1ccc(/C=C/C(=O)c2ccccc2F)cc1Br. The lowest BCUT2D eigenvalue weighted by Gasteiger charge is -2.03. The van der Waals surface area contributed by atoms with E-state index in [4.69, 9.17) is 4.74 Å². The lowest BCUT2D eigenvalue weighted by molar-refractivity contribution is 0.104. The van der Waals surface area contributed by atoms with Crippen LogP contribution in [0.4, 0.5) is 4.39 Å². The third-order valence-corrected chi connectivity index (χ3v) is 3.36. The molecule has 0 atom stereocenters. The number of allylic oxidation sites excluding steroid dienone is 1. The van der Waals surface area contributed by atoms with Gasteiger partial charge in [0.05, 0.1) is 17.1 Å². The first-order valence-corrected chi connectivity index (χ1v) is 6.71. The van der Waals surface area contributed by atoms with E-state index in [1.165, 1.54) is 18.2 Å². The smallest absolute Gasteiger partial charge is 0.188 e. The maximum atomic E-state index is 13.4. The number of benzene rings is 2.